The maximum Gasteiger partial charge on any atom is 0.240 e. The summed E-state index contributed by atoms with van der Waals surface area (Å²) in [5.41, 5.74) is 8.30. The zero-order chi connectivity index (χ0) is 82.3. The number of fused-ring (bicyclic) bond motifs is 3. The van der Waals surface area contributed by atoms with E-state index in [1.54, 1.807) is 72.8 Å². The standard InChI is InChI=1S/C78H102Cl6N10O18S3/c1-91-46-67(64-40-58(79)43-73(82)70(64)49-91)55-7-4-10-61(37-55)113(98,99)88-16-22-107-28-34-110-31-25-104-19-13-85-76(95)52-94(53-77(96)86-14-20-105-26-32-111-35-29-108-23-17-89-114(100,101)62-11-5-8-56(38-62)68-47-92(2)50-71-65(68)41-59(80)44-74(71)83)54-78(97)87-15-21-106-27-33-112-36-30-109-24-18-90-115(102,103)63-12-6-9-57(39-63)69-48-93(3)51-72-66(69)42-60(81)45-75(72)84/h4-12,37-45,67-69,88-90H,13-36,46-54H2,1-3H3,(H,85,95)(H,86,96)(H,87,97). The molecule has 3 unspecified atom stereocenters. The third-order valence-corrected chi connectivity index (χ3v) is 24.9. The van der Waals surface area contributed by atoms with Crippen LogP contribution in [0.15, 0.2) is 124 Å². The molecule has 0 aromatic heterocycles. The number of rotatable bonds is 51. The Morgan fingerprint density at radius 2 is 0.583 bits per heavy atom. The van der Waals surface area contributed by atoms with E-state index in [0.717, 1.165) is 50.1 Å². The number of likely N-dealkylation sites (N-methyl/N-ethyl adjacent to an activating group) is 3. The van der Waals surface area contributed by atoms with E-state index < -0.39 is 47.8 Å². The molecule has 6 aromatic rings. The second kappa shape index (κ2) is 47.6. The number of carbonyl (C=O) groups is 3. The molecular weight excluding hydrogens is 1670 g/mol. The van der Waals surface area contributed by atoms with E-state index in [4.69, 9.17) is 112 Å². The number of hydrogen-bond donors (Lipinski definition) is 6. The van der Waals surface area contributed by atoms with E-state index in [-0.39, 0.29) is 210 Å². The first kappa shape index (κ1) is 93.5. The maximum atomic E-state index is 13.3. The Morgan fingerprint density at radius 1 is 0.348 bits per heavy atom. The van der Waals surface area contributed by atoms with Gasteiger partial charge in [-0.25, -0.2) is 39.4 Å². The van der Waals surface area contributed by atoms with Crippen molar-refractivity contribution < 1.29 is 82.3 Å². The molecule has 0 aliphatic carbocycles. The van der Waals surface area contributed by atoms with Crippen LogP contribution in [0.3, 0.4) is 0 Å². The molecule has 3 amide bonds. The Hall–Kier alpha value is -5.32. The number of amides is 3. The molecule has 0 spiro atoms. The summed E-state index contributed by atoms with van der Waals surface area (Å²) in [7, 11) is -5.60. The van der Waals surface area contributed by atoms with Crippen LogP contribution in [-0.4, -0.2) is 281 Å². The van der Waals surface area contributed by atoms with Crippen molar-refractivity contribution in [1.29, 1.82) is 0 Å². The van der Waals surface area contributed by atoms with Crippen molar-refractivity contribution in [1.82, 2.24) is 49.7 Å². The average Bonchev–Trinajstić information content (AvgIpc) is 0.782. The van der Waals surface area contributed by atoms with Crippen molar-refractivity contribution in [3.8, 4) is 0 Å². The minimum Gasteiger partial charge on any atom is -0.378 e. The summed E-state index contributed by atoms with van der Waals surface area (Å²) in [5, 5.41) is 11.5. The minimum atomic E-state index is -3.85. The van der Waals surface area contributed by atoms with E-state index in [1.807, 2.05) is 57.5 Å². The molecule has 0 bridgehead atoms. The van der Waals surface area contributed by atoms with Gasteiger partial charge in [0.1, 0.15) is 0 Å². The van der Waals surface area contributed by atoms with Gasteiger partial charge in [0, 0.05) is 126 Å². The molecule has 6 aromatic carbocycles. The largest absolute Gasteiger partial charge is 0.378 e. The molecule has 0 saturated heterocycles. The zero-order valence-corrected chi connectivity index (χ0v) is 71.6. The number of nitrogens with zero attached hydrogens (tertiary/aromatic N) is 4. The number of sulfonamides is 3. The fraction of sp³-hybridized carbons (Fsp3) is 0.500. The van der Waals surface area contributed by atoms with Crippen molar-refractivity contribution in [3.05, 3.63) is 189 Å². The number of benzene rings is 6. The Labute approximate surface area is 704 Å². The lowest BCUT2D eigenvalue weighted by atomic mass is 9.85. The summed E-state index contributed by atoms with van der Waals surface area (Å²) in [6, 6.07) is 31.4. The summed E-state index contributed by atoms with van der Waals surface area (Å²) in [4.78, 5) is 47.7. The molecule has 3 aliphatic rings. The van der Waals surface area contributed by atoms with Crippen molar-refractivity contribution in [2.45, 2.75) is 52.1 Å². The molecule has 115 heavy (non-hydrogen) atoms. The predicted molar refractivity (Wildman–Crippen MR) is 442 cm³/mol. The van der Waals surface area contributed by atoms with Crippen LogP contribution in [0.1, 0.15) is 67.8 Å². The van der Waals surface area contributed by atoms with Gasteiger partial charge in [0.05, 0.1) is 153 Å². The molecule has 0 radical (unpaired) electrons. The minimum absolute atomic E-state index is 0.0385. The molecule has 37 heteroatoms. The van der Waals surface area contributed by atoms with E-state index in [9.17, 15) is 39.6 Å². The predicted octanol–water partition coefficient (Wildman–Crippen LogP) is 7.37. The van der Waals surface area contributed by atoms with E-state index in [0.29, 0.717) is 69.4 Å². The van der Waals surface area contributed by atoms with Gasteiger partial charge < -0.3 is 73.3 Å². The third-order valence-electron chi connectivity index (χ3n) is 18.8. The maximum absolute atomic E-state index is 13.3. The van der Waals surface area contributed by atoms with Crippen LogP contribution in [0.5, 0.6) is 0 Å². The van der Waals surface area contributed by atoms with Crippen LogP contribution < -0.4 is 30.1 Å². The van der Waals surface area contributed by atoms with Crippen LogP contribution >= 0.6 is 69.6 Å². The van der Waals surface area contributed by atoms with Gasteiger partial charge in [0.2, 0.25) is 47.8 Å². The van der Waals surface area contributed by atoms with Crippen LogP contribution in [-0.2, 0) is 107 Å². The molecule has 6 N–H and O–H groups in total. The average molecular weight is 1780 g/mol. The van der Waals surface area contributed by atoms with Crippen molar-refractivity contribution in [2.75, 3.05) is 219 Å². The van der Waals surface area contributed by atoms with Gasteiger partial charge in [-0.2, -0.15) is 0 Å². The molecular formula is C78H102Cl6N10O18S3. The summed E-state index contributed by atoms with van der Waals surface area (Å²) in [6.45, 7) is 6.86. The van der Waals surface area contributed by atoms with Gasteiger partial charge in [-0.3, -0.25) is 19.3 Å². The van der Waals surface area contributed by atoms with Crippen LogP contribution in [0.2, 0.25) is 30.1 Å². The van der Waals surface area contributed by atoms with Crippen molar-refractivity contribution in [3.63, 3.8) is 0 Å². The summed E-state index contributed by atoms with van der Waals surface area (Å²) >= 11 is 38.8. The Bertz CT molecular complexity index is 4090. The van der Waals surface area contributed by atoms with Gasteiger partial charge in [-0.05, 0) is 144 Å². The highest BCUT2D eigenvalue weighted by Crippen LogP contribution is 2.42. The molecule has 3 heterocycles. The highest BCUT2D eigenvalue weighted by molar-refractivity contribution is 7.90. The van der Waals surface area contributed by atoms with E-state index in [2.05, 4.69) is 44.8 Å². The smallest absolute Gasteiger partial charge is 0.240 e. The first-order chi connectivity index (χ1) is 55.2. The number of ether oxygens (including phenoxy) is 9. The van der Waals surface area contributed by atoms with E-state index >= 15 is 0 Å². The second-order valence-electron chi connectivity index (χ2n) is 27.7. The number of carbonyl (C=O) groups excluding carboxylic acids is 3. The Balaban J connectivity index is 0.616. The summed E-state index contributed by atoms with van der Waals surface area (Å²) in [6.07, 6.45) is 0. The number of halogens is 6. The second-order valence-corrected chi connectivity index (χ2v) is 35.6. The van der Waals surface area contributed by atoms with Gasteiger partial charge >= 0.3 is 0 Å². The summed E-state index contributed by atoms with van der Waals surface area (Å²) in [5.74, 6) is -1.77. The Kier molecular flexibility index (Phi) is 38.7. The zero-order valence-electron chi connectivity index (χ0n) is 64.6. The number of nitrogens with one attached hydrogen (secondary N) is 6. The number of hydrogen-bond acceptors (Lipinski definition) is 22. The lowest BCUT2D eigenvalue weighted by Crippen LogP contribution is -2.48. The highest BCUT2D eigenvalue weighted by atomic mass is 35.5. The van der Waals surface area contributed by atoms with Gasteiger partial charge in [-0.15, -0.1) is 0 Å². The normalized spacial score (nSPS) is 16.2. The lowest BCUT2D eigenvalue weighted by Gasteiger charge is -2.33. The first-order valence-corrected chi connectivity index (χ1v) is 44.4. The van der Waals surface area contributed by atoms with Crippen LogP contribution in [0.25, 0.3) is 0 Å². The summed E-state index contributed by atoms with van der Waals surface area (Å²) < 4.78 is 138. The first-order valence-electron chi connectivity index (χ1n) is 37.7. The molecule has 28 nitrogen and oxygen atoms in total. The fourth-order valence-electron chi connectivity index (χ4n) is 13.4. The SMILES string of the molecule is CN1Cc2c(Cl)cc(Cl)cc2C(c2cccc(S(=O)(=O)NCCOCCOCCOCCNC(=O)CN(CC(=O)NCCOCCOCCOCCNS(=O)(=O)c3cccc(C4CN(C)Cc5c(Cl)cc(Cl)cc54)c3)CC(=O)NCCOCCOCCOCCNS(=O)(=O)c3cccc(C4CN(C)Cc5c(Cl)cc(Cl)cc54)c3)c2)C1. The van der Waals surface area contributed by atoms with Gasteiger partial charge in [0.15, 0.2) is 0 Å². The van der Waals surface area contributed by atoms with Crippen LogP contribution in [0.4, 0.5) is 0 Å². The Morgan fingerprint density at radius 3 is 0.835 bits per heavy atom. The van der Waals surface area contributed by atoms with Crippen molar-refractivity contribution >= 4 is 117 Å². The fourth-order valence-corrected chi connectivity index (χ4v) is 18.3. The molecule has 3 aliphatic heterocycles. The molecule has 0 fully saturated rings. The highest BCUT2D eigenvalue weighted by Gasteiger charge is 2.32. The molecule has 0 saturated carbocycles. The third kappa shape index (κ3) is 30.4. The quantitative estimate of drug-likeness (QED) is 0.0203. The molecule has 632 valence electrons. The van der Waals surface area contributed by atoms with Gasteiger partial charge in [-0.1, -0.05) is 106 Å². The monoisotopic (exact) mass is 1770 g/mol. The van der Waals surface area contributed by atoms with Crippen LogP contribution in [0, 0.1) is 0 Å². The lowest BCUT2D eigenvalue weighted by molar-refractivity contribution is -0.128. The van der Waals surface area contributed by atoms with Crippen molar-refractivity contribution in [2.24, 2.45) is 0 Å². The topological polar surface area (TPSA) is 322 Å². The van der Waals surface area contributed by atoms with Gasteiger partial charge in [0.25, 0.3) is 0 Å². The molecule has 3 atom stereocenters. The molecule has 9 rings (SSSR count). The van der Waals surface area contributed by atoms with E-state index in [1.165, 1.54) is 4.90 Å².